The molecule has 1 aromatic carbocycles. The van der Waals surface area contributed by atoms with Crippen LogP contribution >= 0.6 is 0 Å². The Hall–Kier alpha value is -1.64. The highest BCUT2D eigenvalue weighted by atomic mass is 19.1. The summed E-state index contributed by atoms with van der Waals surface area (Å²) in [6.45, 7) is 5.80. The van der Waals surface area contributed by atoms with Crippen molar-refractivity contribution in [1.29, 1.82) is 0 Å². The normalized spacial score (nSPS) is 10.4. The van der Waals surface area contributed by atoms with E-state index < -0.39 is 0 Å². The lowest BCUT2D eigenvalue weighted by atomic mass is 10.3. The zero-order valence-electron chi connectivity index (χ0n) is 8.03. The van der Waals surface area contributed by atoms with Crippen LogP contribution < -0.4 is 4.74 Å². The first-order valence-corrected chi connectivity index (χ1v) is 4.27. The molecule has 0 unspecified atom stereocenters. The number of ether oxygens (including phenoxy) is 1. The molecule has 0 aliphatic carbocycles. The van der Waals surface area contributed by atoms with Gasteiger partial charge in [0.05, 0.1) is 5.70 Å². The molecule has 0 aliphatic rings. The summed E-state index contributed by atoms with van der Waals surface area (Å²) in [5.74, 6) is 0.335. The average Bonchev–Trinajstić information content (AvgIpc) is 2.17. The van der Waals surface area contributed by atoms with Crippen LogP contribution in [0.1, 0.15) is 6.92 Å². The van der Waals surface area contributed by atoms with Crippen molar-refractivity contribution in [1.82, 2.24) is 0 Å². The zero-order valence-corrected chi connectivity index (χ0v) is 8.03. The minimum Gasteiger partial charge on any atom is -0.487 e. The van der Waals surface area contributed by atoms with E-state index in [1.165, 1.54) is 12.1 Å². The van der Waals surface area contributed by atoms with Crippen LogP contribution in [0.15, 0.2) is 41.5 Å². The standard InChI is InChI=1S/C11H12FNO/c1-3-13-9(2)8-14-11-6-4-10(12)5-7-11/h3-7H,2,8H2,1H3/b13-3+. The third-order valence-electron chi connectivity index (χ3n) is 1.53. The van der Waals surface area contributed by atoms with Gasteiger partial charge in [-0.2, -0.15) is 0 Å². The highest BCUT2D eigenvalue weighted by Crippen LogP contribution is 2.11. The minimum absolute atomic E-state index is 0.275. The van der Waals surface area contributed by atoms with E-state index in [1.807, 2.05) is 6.92 Å². The monoisotopic (exact) mass is 193 g/mol. The Bertz CT molecular complexity index is 330. The van der Waals surface area contributed by atoms with Crippen molar-refractivity contribution in [2.24, 2.45) is 4.99 Å². The Labute approximate surface area is 82.7 Å². The Morgan fingerprint density at radius 2 is 2.14 bits per heavy atom. The lowest BCUT2D eigenvalue weighted by Gasteiger charge is -2.04. The second-order valence-corrected chi connectivity index (χ2v) is 2.70. The summed E-state index contributed by atoms with van der Waals surface area (Å²) < 4.78 is 17.8. The fourth-order valence-corrected chi connectivity index (χ4v) is 0.917. The zero-order chi connectivity index (χ0) is 10.4. The van der Waals surface area contributed by atoms with Gasteiger partial charge in [-0.3, -0.25) is 4.99 Å². The van der Waals surface area contributed by atoms with Gasteiger partial charge >= 0.3 is 0 Å². The first-order valence-electron chi connectivity index (χ1n) is 4.27. The smallest absolute Gasteiger partial charge is 0.130 e. The van der Waals surface area contributed by atoms with Gasteiger partial charge in [0.25, 0.3) is 0 Å². The van der Waals surface area contributed by atoms with Crippen molar-refractivity contribution >= 4 is 6.21 Å². The second-order valence-electron chi connectivity index (χ2n) is 2.70. The van der Waals surface area contributed by atoms with Crippen molar-refractivity contribution in [2.75, 3.05) is 6.61 Å². The van der Waals surface area contributed by atoms with E-state index >= 15 is 0 Å². The molecule has 0 radical (unpaired) electrons. The number of rotatable bonds is 4. The summed E-state index contributed by atoms with van der Waals surface area (Å²) in [6, 6.07) is 5.83. The molecule has 0 spiro atoms. The van der Waals surface area contributed by atoms with Crippen LogP contribution in [-0.4, -0.2) is 12.8 Å². The largest absolute Gasteiger partial charge is 0.487 e. The number of nitrogens with zero attached hydrogens (tertiary/aromatic N) is 1. The quantitative estimate of drug-likeness (QED) is 0.674. The Morgan fingerprint density at radius 3 is 2.71 bits per heavy atom. The average molecular weight is 193 g/mol. The van der Waals surface area contributed by atoms with Crippen LogP contribution in [0.2, 0.25) is 0 Å². The van der Waals surface area contributed by atoms with E-state index in [2.05, 4.69) is 11.6 Å². The van der Waals surface area contributed by atoms with E-state index in [-0.39, 0.29) is 5.82 Å². The van der Waals surface area contributed by atoms with Crippen LogP contribution in [-0.2, 0) is 0 Å². The number of halogens is 1. The molecule has 2 nitrogen and oxygen atoms in total. The first-order chi connectivity index (χ1) is 6.72. The van der Waals surface area contributed by atoms with Gasteiger partial charge in [0.2, 0.25) is 0 Å². The molecule has 1 aromatic rings. The number of hydrogen-bond acceptors (Lipinski definition) is 2. The summed E-state index contributed by atoms with van der Waals surface area (Å²) in [5, 5.41) is 0. The topological polar surface area (TPSA) is 21.6 Å². The van der Waals surface area contributed by atoms with E-state index in [1.54, 1.807) is 18.3 Å². The van der Waals surface area contributed by atoms with Gasteiger partial charge in [-0.15, -0.1) is 0 Å². The lowest BCUT2D eigenvalue weighted by Crippen LogP contribution is -1.98. The molecular weight excluding hydrogens is 181 g/mol. The molecule has 14 heavy (non-hydrogen) atoms. The van der Waals surface area contributed by atoms with Gasteiger partial charge in [0, 0.05) is 6.21 Å². The minimum atomic E-state index is -0.275. The summed E-state index contributed by atoms with van der Waals surface area (Å²) >= 11 is 0. The molecule has 0 aromatic heterocycles. The first kappa shape index (κ1) is 10.4. The SMILES string of the molecule is C=C(COc1ccc(F)cc1)/N=C/C. The Morgan fingerprint density at radius 1 is 1.50 bits per heavy atom. The molecule has 0 saturated heterocycles. The van der Waals surface area contributed by atoms with E-state index in [4.69, 9.17) is 4.74 Å². The molecule has 1 rings (SSSR count). The number of hydrogen-bond donors (Lipinski definition) is 0. The van der Waals surface area contributed by atoms with Crippen molar-refractivity contribution in [3.05, 3.63) is 42.4 Å². The van der Waals surface area contributed by atoms with Gasteiger partial charge in [-0.25, -0.2) is 4.39 Å². The maximum absolute atomic E-state index is 12.5. The highest BCUT2D eigenvalue weighted by molar-refractivity contribution is 5.55. The molecule has 0 saturated carbocycles. The predicted octanol–water partition coefficient (Wildman–Crippen LogP) is 2.81. The van der Waals surface area contributed by atoms with Crippen molar-refractivity contribution in [3.63, 3.8) is 0 Å². The fourth-order valence-electron chi connectivity index (χ4n) is 0.917. The molecule has 3 heteroatoms. The van der Waals surface area contributed by atoms with Gasteiger partial charge in [-0.05, 0) is 31.2 Å². The Balaban J connectivity index is 2.46. The third kappa shape index (κ3) is 3.39. The van der Waals surface area contributed by atoms with Crippen LogP contribution in [0.3, 0.4) is 0 Å². The number of aliphatic imine (C=N–C) groups is 1. The van der Waals surface area contributed by atoms with Crippen LogP contribution in [0.4, 0.5) is 4.39 Å². The molecule has 0 heterocycles. The van der Waals surface area contributed by atoms with Gasteiger partial charge in [0.15, 0.2) is 0 Å². The molecule has 0 amide bonds. The fraction of sp³-hybridized carbons (Fsp3) is 0.182. The molecule has 0 bridgehead atoms. The van der Waals surface area contributed by atoms with Crippen LogP contribution in [0, 0.1) is 5.82 Å². The summed E-state index contributed by atoms with van der Waals surface area (Å²) in [5.41, 5.74) is 0.636. The predicted molar refractivity (Wildman–Crippen MR) is 55.2 cm³/mol. The maximum atomic E-state index is 12.5. The van der Waals surface area contributed by atoms with Gasteiger partial charge in [0.1, 0.15) is 18.2 Å². The third-order valence-corrected chi connectivity index (χ3v) is 1.53. The summed E-state index contributed by atoms with van der Waals surface area (Å²) in [6.07, 6.45) is 1.65. The molecule has 0 atom stereocenters. The molecule has 74 valence electrons. The second kappa shape index (κ2) is 5.17. The van der Waals surface area contributed by atoms with Crippen molar-refractivity contribution < 1.29 is 9.13 Å². The highest BCUT2D eigenvalue weighted by Gasteiger charge is 1.95. The van der Waals surface area contributed by atoms with E-state index in [0.29, 0.717) is 18.1 Å². The van der Waals surface area contributed by atoms with Crippen LogP contribution in [0.5, 0.6) is 5.75 Å². The molecule has 0 fully saturated rings. The van der Waals surface area contributed by atoms with Gasteiger partial charge < -0.3 is 4.74 Å². The molecule has 0 N–H and O–H groups in total. The summed E-state index contributed by atoms with van der Waals surface area (Å²) in [4.78, 5) is 3.94. The van der Waals surface area contributed by atoms with Crippen molar-refractivity contribution in [2.45, 2.75) is 6.92 Å². The summed E-state index contributed by atoms with van der Waals surface area (Å²) in [7, 11) is 0. The van der Waals surface area contributed by atoms with Crippen LogP contribution in [0.25, 0.3) is 0 Å². The Kier molecular flexibility index (Phi) is 3.85. The van der Waals surface area contributed by atoms with Crippen molar-refractivity contribution in [3.8, 4) is 5.75 Å². The lowest BCUT2D eigenvalue weighted by molar-refractivity contribution is 0.351. The van der Waals surface area contributed by atoms with E-state index in [9.17, 15) is 4.39 Å². The molecule has 0 aliphatic heterocycles. The van der Waals surface area contributed by atoms with E-state index in [0.717, 1.165) is 0 Å². The molecular formula is C11H12FNO. The van der Waals surface area contributed by atoms with Gasteiger partial charge in [-0.1, -0.05) is 6.58 Å². The maximum Gasteiger partial charge on any atom is 0.130 e. The number of benzene rings is 1.